The molecule has 0 amide bonds. The van der Waals surface area contributed by atoms with Gasteiger partial charge in [0.1, 0.15) is 0 Å². The van der Waals surface area contributed by atoms with Gasteiger partial charge in [0, 0.05) is 6.54 Å². The van der Waals surface area contributed by atoms with Crippen molar-refractivity contribution >= 4 is 17.7 Å². The van der Waals surface area contributed by atoms with Crippen molar-refractivity contribution in [1.29, 1.82) is 0 Å². The van der Waals surface area contributed by atoms with Gasteiger partial charge in [0.25, 0.3) is 0 Å². The summed E-state index contributed by atoms with van der Waals surface area (Å²) in [6, 6.07) is 10.2. The Morgan fingerprint density at radius 1 is 1.31 bits per heavy atom. The molecule has 0 spiro atoms. The fraction of sp³-hybridized carbons (Fsp3) is 0.300. The van der Waals surface area contributed by atoms with E-state index in [1.54, 1.807) is 11.9 Å². The molecule has 0 aliphatic carbocycles. The van der Waals surface area contributed by atoms with Crippen LogP contribution in [0.15, 0.2) is 30.3 Å². The topological polar surface area (TPSA) is 20.3 Å². The van der Waals surface area contributed by atoms with Crippen LogP contribution in [0.1, 0.15) is 5.56 Å². The van der Waals surface area contributed by atoms with Crippen LogP contribution in [0.4, 0.5) is 0 Å². The Morgan fingerprint density at radius 2 is 2.08 bits per heavy atom. The van der Waals surface area contributed by atoms with Crippen molar-refractivity contribution in [1.82, 2.24) is 4.31 Å². The Morgan fingerprint density at radius 3 is 2.69 bits per heavy atom. The molecule has 0 unspecified atom stereocenters. The smallest absolute Gasteiger partial charge is 0.158 e. The van der Waals surface area contributed by atoms with E-state index in [2.05, 4.69) is 16.4 Å². The third kappa shape index (κ3) is 2.32. The number of carbonyl (C=O) groups is 1. The third-order valence-electron chi connectivity index (χ3n) is 1.96. The minimum absolute atomic E-state index is 0.334. The molecule has 1 heterocycles. The lowest BCUT2D eigenvalue weighted by molar-refractivity contribution is -0.116. The van der Waals surface area contributed by atoms with E-state index in [1.807, 2.05) is 18.2 Å². The standard InChI is InChI=1S/C10H11NOS/c12-10-7-11(13-8-10)6-9-4-2-1-3-5-9/h1-5H,6-8H2. The molecule has 0 aromatic heterocycles. The fourth-order valence-corrected chi connectivity index (χ4v) is 2.23. The van der Waals surface area contributed by atoms with Gasteiger partial charge in [0.15, 0.2) is 5.78 Å². The van der Waals surface area contributed by atoms with Crippen molar-refractivity contribution in [3.63, 3.8) is 0 Å². The van der Waals surface area contributed by atoms with E-state index in [4.69, 9.17) is 0 Å². The van der Waals surface area contributed by atoms with E-state index in [0.717, 1.165) is 6.54 Å². The molecule has 1 saturated heterocycles. The predicted molar refractivity (Wildman–Crippen MR) is 54.3 cm³/mol. The van der Waals surface area contributed by atoms with Gasteiger partial charge >= 0.3 is 0 Å². The number of hydrogen-bond donors (Lipinski definition) is 0. The van der Waals surface area contributed by atoms with Crippen LogP contribution in [0.2, 0.25) is 0 Å². The second kappa shape index (κ2) is 3.94. The van der Waals surface area contributed by atoms with E-state index in [0.29, 0.717) is 18.1 Å². The number of rotatable bonds is 2. The highest BCUT2D eigenvalue weighted by Gasteiger charge is 2.19. The van der Waals surface area contributed by atoms with Crippen molar-refractivity contribution in [2.75, 3.05) is 12.3 Å². The van der Waals surface area contributed by atoms with Gasteiger partial charge in [-0.25, -0.2) is 4.31 Å². The van der Waals surface area contributed by atoms with Crippen LogP contribution < -0.4 is 0 Å². The summed E-state index contributed by atoms with van der Waals surface area (Å²) in [5, 5.41) is 0. The van der Waals surface area contributed by atoms with Crippen LogP contribution in [-0.2, 0) is 11.3 Å². The maximum absolute atomic E-state index is 11.0. The zero-order valence-electron chi connectivity index (χ0n) is 7.27. The van der Waals surface area contributed by atoms with Gasteiger partial charge in [0.2, 0.25) is 0 Å². The van der Waals surface area contributed by atoms with Gasteiger partial charge in [0.05, 0.1) is 12.3 Å². The number of benzene rings is 1. The summed E-state index contributed by atoms with van der Waals surface area (Å²) in [6.45, 7) is 1.47. The summed E-state index contributed by atoms with van der Waals surface area (Å²) >= 11 is 1.63. The zero-order chi connectivity index (χ0) is 9.10. The summed E-state index contributed by atoms with van der Waals surface area (Å²) in [6.07, 6.45) is 0. The molecular weight excluding hydrogens is 182 g/mol. The van der Waals surface area contributed by atoms with Crippen LogP contribution in [0.3, 0.4) is 0 Å². The van der Waals surface area contributed by atoms with Crippen LogP contribution in [0, 0.1) is 0 Å². The maximum Gasteiger partial charge on any atom is 0.158 e. The van der Waals surface area contributed by atoms with Gasteiger partial charge in [-0.05, 0) is 5.56 Å². The van der Waals surface area contributed by atoms with Crippen molar-refractivity contribution in [2.24, 2.45) is 0 Å². The van der Waals surface area contributed by atoms with Gasteiger partial charge in [-0.2, -0.15) is 0 Å². The minimum atomic E-state index is 0.334. The van der Waals surface area contributed by atoms with E-state index in [-0.39, 0.29) is 0 Å². The molecule has 1 aliphatic rings. The third-order valence-corrected chi connectivity index (χ3v) is 3.04. The van der Waals surface area contributed by atoms with Crippen LogP contribution in [0.5, 0.6) is 0 Å². The molecule has 68 valence electrons. The number of hydrogen-bond acceptors (Lipinski definition) is 3. The SMILES string of the molecule is O=C1CSN(Cc2ccccc2)C1. The highest BCUT2D eigenvalue weighted by Crippen LogP contribution is 2.20. The second-order valence-corrected chi connectivity index (χ2v) is 4.16. The molecule has 13 heavy (non-hydrogen) atoms. The summed E-state index contributed by atoms with van der Waals surface area (Å²) in [5.74, 6) is 0.980. The average Bonchev–Trinajstić information content (AvgIpc) is 2.53. The first-order valence-electron chi connectivity index (χ1n) is 4.28. The van der Waals surface area contributed by atoms with Gasteiger partial charge in [-0.15, -0.1) is 0 Å². The molecule has 0 N–H and O–H groups in total. The Hall–Kier alpha value is -0.800. The highest BCUT2D eigenvalue weighted by molar-refractivity contribution is 7.98. The normalized spacial score (nSPS) is 18.0. The van der Waals surface area contributed by atoms with Gasteiger partial charge in [-0.3, -0.25) is 4.79 Å². The Labute approximate surface area is 82.1 Å². The van der Waals surface area contributed by atoms with E-state index in [1.165, 1.54) is 5.56 Å². The lowest BCUT2D eigenvalue weighted by atomic mass is 10.2. The molecule has 0 saturated carbocycles. The number of nitrogens with zero attached hydrogens (tertiary/aromatic N) is 1. The zero-order valence-corrected chi connectivity index (χ0v) is 8.09. The second-order valence-electron chi connectivity index (χ2n) is 3.10. The van der Waals surface area contributed by atoms with Gasteiger partial charge in [-0.1, -0.05) is 42.3 Å². The van der Waals surface area contributed by atoms with Crippen molar-refractivity contribution in [2.45, 2.75) is 6.54 Å². The first-order chi connectivity index (χ1) is 6.34. The van der Waals surface area contributed by atoms with E-state index in [9.17, 15) is 4.79 Å². The number of ketones is 1. The minimum Gasteiger partial charge on any atom is -0.297 e. The average molecular weight is 193 g/mol. The van der Waals surface area contributed by atoms with Crippen LogP contribution in [0.25, 0.3) is 0 Å². The molecule has 1 aromatic carbocycles. The Balaban J connectivity index is 1.96. The monoisotopic (exact) mass is 193 g/mol. The van der Waals surface area contributed by atoms with E-state index >= 15 is 0 Å². The quantitative estimate of drug-likeness (QED) is 0.667. The van der Waals surface area contributed by atoms with Crippen molar-refractivity contribution < 1.29 is 4.79 Å². The summed E-state index contributed by atoms with van der Waals surface area (Å²) in [7, 11) is 0. The molecular formula is C10H11NOS. The fourth-order valence-electron chi connectivity index (χ4n) is 1.34. The molecule has 0 bridgehead atoms. The summed E-state index contributed by atoms with van der Waals surface area (Å²) in [5.41, 5.74) is 1.27. The highest BCUT2D eigenvalue weighted by atomic mass is 32.2. The summed E-state index contributed by atoms with van der Waals surface area (Å²) < 4.78 is 2.11. The maximum atomic E-state index is 11.0. The molecule has 0 radical (unpaired) electrons. The van der Waals surface area contributed by atoms with Crippen molar-refractivity contribution in [3.05, 3.63) is 35.9 Å². The van der Waals surface area contributed by atoms with E-state index < -0.39 is 0 Å². The van der Waals surface area contributed by atoms with Crippen molar-refractivity contribution in [3.8, 4) is 0 Å². The Bertz CT molecular complexity index is 299. The molecule has 1 aliphatic heterocycles. The Kier molecular flexibility index (Phi) is 2.66. The summed E-state index contributed by atoms with van der Waals surface area (Å²) in [4.78, 5) is 11.0. The molecule has 0 atom stereocenters. The molecule has 3 heteroatoms. The van der Waals surface area contributed by atoms with Crippen LogP contribution >= 0.6 is 11.9 Å². The number of Topliss-reactive ketones (excluding diaryl/α,β-unsaturated/α-hetero) is 1. The lowest BCUT2D eigenvalue weighted by Gasteiger charge is -2.11. The van der Waals surface area contributed by atoms with Gasteiger partial charge < -0.3 is 0 Å². The lowest BCUT2D eigenvalue weighted by Crippen LogP contribution is -2.14. The molecule has 1 fully saturated rings. The molecule has 1 aromatic rings. The first kappa shape index (κ1) is 8.78. The largest absolute Gasteiger partial charge is 0.297 e. The predicted octanol–water partition coefficient (Wildman–Crippen LogP) is 1.72. The first-order valence-corrected chi connectivity index (χ1v) is 5.22. The number of carbonyl (C=O) groups excluding carboxylic acids is 1. The van der Waals surface area contributed by atoms with Crippen LogP contribution in [-0.4, -0.2) is 22.4 Å². The molecule has 2 nitrogen and oxygen atoms in total. The molecule has 2 rings (SSSR count).